The molecule has 1 rings (SSSR count). The maximum atomic E-state index is 11.5. The Morgan fingerprint density at radius 2 is 1.61 bits per heavy atom. The Morgan fingerprint density at radius 3 is 2.06 bits per heavy atom. The van der Waals surface area contributed by atoms with Gasteiger partial charge in [0.25, 0.3) is 0 Å². The lowest BCUT2D eigenvalue weighted by molar-refractivity contribution is 0.0599. The highest BCUT2D eigenvalue weighted by Gasteiger charge is 2.24. The van der Waals surface area contributed by atoms with Gasteiger partial charge in [0.1, 0.15) is 0 Å². The van der Waals surface area contributed by atoms with Crippen molar-refractivity contribution in [2.45, 2.75) is 0 Å². The van der Waals surface area contributed by atoms with Crippen LogP contribution in [0.25, 0.3) is 0 Å². The van der Waals surface area contributed by atoms with E-state index in [9.17, 15) is 9.59 Å². The van der Waals surface area contributed by atoms with Crippen molar-refractivity contribution in [3.8, 4) is 5.75 Å². The first-order valence-corrected chi connectivity index (χ1v) is 5.18. The summed E-state index contributed by atoms with van der Waals surface area (Å²) in [6.45, 7) is 0. The summed E-state index contributed by atoms with van der Waals surface area (Å²) in [5.41, 5.74) is 5.68. The van der Waals surface area contributed by atoms with E-state index in [0.29, 0.717) is 0 Å². The molecule has 0 bridgehead atoms. The van der Waals surface area contributed by atoms with Gasteiger partial charge >= 0.3 is 11.9 Å². The molecule has 0 spiro atoms. The molecule has 0 amide bonds. The minimum Gasteiger partial charge on any atom is -0.493 e. The van der Waals surface area contributed by atoms with E-state index in [2.05, 4.69) is 9.47 Å². The molecule has 0 fully saturated rings. The first-order valence-electron chi connectivity index (χ1n) is 4.80. The van der Waals surface area contributed by atoms with Gasteiger partial charge in [-0.25, -0.2) is 9.59 Å². The number of benzene rings is 1. The summed E-state index contributed by atoms with van der Waals surface area (Å²) >= 11 is 5.95. The van der Waals surface area contributed by atoms with Crippen LogP contribution in [0.15, 0.2) is 6.07 Å². The van der Waals surface area contributed by atoms with E-state index in [4.69, 9.17) is 22.1 Å². The van der Waals surface area contributed by atoms with E-state index >= 15 is 0 Å². The highest BCUT2D eigenvalue weighted by atomic mass is 35.5. The molecule has 0 aromatic heterocycles. The lowest BCUT2D eigenvalue weighted by Crippen LogP contribution is -2.11. The maximum Gasteiger partial charge on any atom is 0.340 e. The number of halogens is 1. The molecule has 0 unspecified atom stereocenters. The number of anilines is 1. The van der Waals surface area contributed by atoms with E-state index < -0.39 is 11.9 Å². The molecule has 0 aliphatic carbocycles. The lowest BCUT2D eigenvalue weighted by Gasteiger charge is -2.13. The van der Waals surface area contributed by atoms with Gasteiger partial charge in [0.05, 0.1) is 43.2 Å². The van der Waals surface area contributed by atoms with Gasteiger partial charge in [-0.15, -0.1) is 0 Å². The number of hydrogen-bond acceptors (Lipinski definition) is 6. The maximum absolute atomic E-state index is 11.5. The van der Waals surface area contributed by atoms with Gasteiger partial charge in [-0.2, -0.15) is 0 Å². The van der Waals surface area contributed by atoms with Crippen LogP contribution in [-0.2, 0) is 9.47 Å². The Morgan fingerprint density at radius 1 is 1.11 bits per heavy atom. The summed E-state index contributed by atoms with van der Waals surface area (Å²) < 4.78 is 14.1. The van der Waals surface area contributed by atoms with Crippen LogP contribution in [0.5, 0.6) is 5.75 Å². The molecule has 18 heavy (non-hydrogen) atoms. The van der Waals surface area contributed by atoms with E-state index in [1.54, 1.807) is 0 Å². The second-order valence-electron chi connectivity index (χ2n) is 3.22. The SMILES string of the molecule is COC(=O)c1cc(C(=O)OC)c(Cl)c(OC)c1N. The number of hydrogen-bond donors (Lipinski definition) is 1. The van der Waals surface area contributed by atoms with Crippen LogP contribution in [-0.4, -0.2) is 33.3 Å². The van der Waals surface area contributed by atoms with Crippen molar-refractivity contribution < 1.29 is 23.8 Å². The Hall–Kier alpha value is -1.95. The molecule has 0 atom stereocenters. The molecule has 0 radical (unpaired) electrons. The predicted octanol–water partition coefficient (Wildman–Crippen LogP) is 1.50. The Balaban J connectivity index is 3.56. The molecule has 0 saturated heterocycles. The molecule has 0 saturated carbocycles. The number of nitrogen functional groups attached to an aromatic ring is 1. The topological polar surface area (TPSA) is 87.9 Å². The molecular formula is C11H12ClNO5. The number of rotatable bonds is 3. The van der Waals surface area contributed by atoms with Gasteiger partial charge in [0, 0.05) is 0 Å². The quantitative estimate of drug-likeness (QED) is 0.663. The van der Waals surface area contributed by atoms with Crippen LogP contribution in [0.3, 0.4) is 0 Å². The molecule has 6 nitrogen and oxygen atoms in total. The van der Waals surface area contributed by atoms with Crippen molar-refractivity contribution in [2.75, 3.05) is 27.1 Å². The lowest BCUT2D eigenvalue weighted by atomic mass is 10.1. The zero-order valence-corrected chi connectivity index (χ0v) is 10.8. The van der Waals surface area contributed by atoms with Gasteiger partial charge in [-0.1, -0.05) is 11.6 Å². The van der Waals surface area contributed by atoms with Crippen molar-refractivity contribution in [3.63, 3.8) is 0 Å². The molecule has 1 aromatic rings. The molecule has 98 valence electrons. The molecule has 1 aromatic carbocycles. The summed E-state index contributed by atoms with van der Waals surface area (Å²) in [4.78, 5) is 23.0. The average Bonchev–Trinajstić information content (AvgIpc) is 2.38. The molecule has 7 heteroatoms. The number of nitrogens with two attached hydrogens (primary N) is 1. The number of carbonyl (C=O) groups is 2. The largest absolute Gasteiger partial charge is 0.493 e. The third-order valence-corrected chi connectivity index (χ3v) is 2.65. The van der Waals surface area contributed by atoms with E-state index in [1.165, 1.54) is 27.4 Å². The fraction of sp³-hybridized carbons (Fsp3) is 0.273. The number of ether oxygens (including phenoxy) is 3. The standard InChI is InChI=1S/C11H12ClNO5/c1-16-9-7(12)5(10(14)17-2)4-6(8(9)13)11(15)18-3/h4H,13H2,1-3H3. The van der Waals surface area contributed by atoms with Crippen LogP contribution in [0.4, 0.5) is 5.69 Å². The highest BCUT2D eigenvalue weighted by Crippen LogP contribution is 2.37. The van der Waals surface area contributed by atoms with E-state index in [1.807, 2.05) is 0 Å². The zero-order chi connectivity index (χ0) is 13.9. The van der Waals surface area contributed by atoms with E-state index in [0.717, 1.165) is 0 Å². The zero-order valence-electron chi connectivity index (χ0n) is 10.1. The van der Waals surface area contributed by atoms with Crippen molar-refractivity contribution in [2.24, 2.45) is 0 Å². The monoisotopic (exact) mass is 273 g/mol. The molecule has 0 aliphatic heterocycles. The van der Waals surface area contributed by atoms with Crippen molar-refractivity contribution >= 4 is 29.2 Å². The van der Waals surface area contributed by atoms with Gasteiger partial charge in [0.2, 0.25) is 0 Å². The first kappa shape index (κ1) is 14.1. The molecule has 0 heterocycles. The van der Waals surface area contributed by atoms with Crippen molar-refractivity contribution in [1.82, 2.24) is 0 Å². The second kappa shape index (κ2) is 5.59. The minimum absolute atomic E-state index is 0.00185. The fourth-order valence-electron chi connectivity index (χ4n) is 1.39. The number of methoxy groups -OCH3 is 3. The normalized spacial score (nSPS) is 9.78. The van der Waals surface area contributed by atoms with Crippen LogP contribution >= 0.6 is 11.6 Å². The Kier molecular flexibility index (Phi) is 4.38. The fourth-order valence-corrected chi connectivity index (χ4v) is 1.70. The van der Waals surface area contributed by atoms with Crippen molar-refractivity contribution in [1.29, 1.82) is 0 Å². The van der Waals surface area contributed by atoms with Gasteiger partial charge in [0.15, 0.2) is 5.75 Å². The van der Waals surface area contributed by atoms with Gasteiger partial charge in [-0.3, -0.25) is 0 Å². The second-order valence-corrected chi connectivity index (χ2v) is 3.59. The third kappa shape index (κ3) is 2.33. The third-order valence-electron chi connectivity index (χ3n) is 2.27. The van der Waals surface area contributed by atoms with Crippen LogP contribution in [0, 0.1) is 0 Å². The number of esters is 2. The van der Waals surface area contributed by atoms with Crippen LogP contribution < -0.4 is 10.5 Å². The summed E-state index contributed by atoms with van der Waals surface area (Å²) in [5.74, 6) is -1.38. The minimum atomic E-state index is -0.705. The molecule has 0 aliphatic rings. The summed E-state index contributed by atoms with van der Waals surface area (Å²) in [6.07, 6.45) is 0. The summed E-state index contributed by atoms with van der Waals surface area (Å²) in [7, 11) is 3.71. The average molecular weight is 274 g/mol. The number of carbonyl (C=O) groups excluding carboxylic acids is 2. The van der Waals surface area contributed by atoms with Gasteiger partial charge < -0.3 is 19.9 Å². The first-order chi connectivity index (χ1) is 8.47. The molecular weight excluding hydrogens is 262 g/mol. The highest BCUT2D eigenvalue weighted by molar-refractivity contribution is 6.36. The Bertz CT molecular complexity index is 460. The molecule has 2 N–H and O–H groups in total. The van der Waals surface area contributed by atoms with Crippen LogP contribution in [0.2, 0.25) is 5.02 Å². The summed E-state index contributed by atoms with van der Waals surface area (Å²) in [5, 5.41) is -0.0190. The van der Waals surface area contributed by atoms with Crippen LogP contribution in [0.1, 0.15) is 20.7 Å². The predicted molar refractivity (Wildman–Crippen MR) is 65.1 cm³/mol. The smallest absolute Gasteiger partial charge is 0.340 e. The summed E-state index contributed by atoms with van der Waals surface area (Å²) in [6, 6.07) is 1.21. The van der Waals surface area contributed by atoms with E-state index in [-0.39, 0.29) is 27.6 Å². The van der Waals surface area contributed by atoms with Gasteiger partial charge in [-0.05, 0) is 6.07 Å². The Labute approximate surface area is 109 Å². The van der Waals surface area contributed by atoms with Crippen molar-refractivity contribution in [3.05, 3.63) is 22.2 Å².